The molecule has 3 aromatic heterocycles. The quantitative estimate of drug-likeness (QED) is 0.741. The van der Waals surface area contributed by atoms with Gasteiger partial charge in [-0.2, -0.15) is 5.10 Å². The molecule has 6 heteroatoms. The van der Waals surface area contributed by atoms with E-state index in [4.69, 9.17) is 9.72 Å². The summed E-state index contributed by atoms with van der Waals surface area (Å²) in [7, 11) is 1.81. The van der Waals surface area contributed by atoms with Crippen LogP contribution in [0, 0.1) is 13.8 Å². The van der Waals surface area contributed by atoms with Crippen molar-refractivity contribution < 1.29 is 4.74 Å². The topological polar surface area (TPSA) is 57.2 Å². The van der Waals surface area contributed by atoms with Gasteiger partial charge in [0.25, 0.3) is 0 Å². The van der Waals surface area contributed by atoms with Crippen molar-refractivity contribution in [1.82, 2.24) is 24.1 Å². The molecule has 0 unspecified atom stereocenters. The highest BCUT2D eigenvalue weighted by molar-refractivity contribution is 5.72. The van der Waals surface area contributed by atoms with E-state index < -0.39 is 0 Å². The van der Waals surface area contributed by atoms with E-state index in [-0.39, 0.29) is 0 Å². The lowest BCUT2D eigenvalue weighted by molar-refractivity contribution is 0.0586. The van der Waals surface area contributed by atoms with Crippen molar-refractivity contribution in [3.8, 4) is 11.4 Å². The van der Waals surface area contributed by atoms with E-state index in [2.05, 4.69) is 27.8 Å². The first-order valence-electron chi connectivity index (χ1n) is 8.55. The molecule has 0 amide bonds. The predicted molar refractivity (Wildman–Crippen MR) is 92.0 cm³/mol. The molecule has 1 aliphatic carbocycles. The maximum atomic E-state index is 5.50. The molecule has 0 aliphatic heterocycles. The Balaban J connectivity index is 1.73. The third kappa shape index (κ3) is 2.51. The number of aryl methyl sites for hydroxylation is 2. The Morgan fingerprint density at radius 1 is 1.17 bits per heavy atom. The fraction of sp³-hybridized carbons (Fsp3) is 0.500. The first-order chi connectivity index (χ1) is 11.7. The highest BCUT2D eigenvalue weighted by atomic mass is 16.5. The summed E-state index contributed by atoms with van der Waals surface area (Å²) in [6.45, 7) is 4.07. The molecular formula is C18H23N5O. The average Bonchev–Trinajstić information content (AvgIpc) is 3.21. The molecule has 0 radical (unpaired) electrons. The fourth-order valence-corrected chi connectivity index (χ4v) is 3.80. The summed E-state index contributed by atoms with van der Waals surface area (Å²) in [4.78, 5) is 9.31. The van der Waals surface area contributed by atoms with Crippen LogP contribution >= 0.6 is 0 Å². The monoisotopic (exact) mass is 325 g/mol. The van der Waals surface area contributed by atoms with E-state index in [9.17, 15) is 0 Å². The second-order valence-electron chi connectivity index (χ2n) is 6.66. The molecule has 0 N–H and O–H groups in total. The van der Waals surface area contributed by atoms with Gasteiger partial charge in [-0.05, 0) is 45.6 Å². The summed E-state index contributed by atoms with van der Waals surface area (Å²) >= 11 is 0. The zero-order chi connectivity index (χ0) is 16.7. The van der Waals surface area contributed by atoms with Gasteiger partial charge >= 0.3 is 0 Å². The normalized spacial score (nSPS) is 21.5. The Bertz CT molecular complexity index is 858. The predicted octanol–water partition coefficient (Wildman–Crippen LogP) is 3.34. The standard InChI is InChI=1S/C18H23N5O/c1-12-10-13(2)23-18(21-12)16(11-20-23)17-19-8-9-22(17)14-4-6-15(24-3)7-5-14/h8-11,14-15H,4-7H2,1-3H3. The van der Waals surface area contributed by atoms with Crippen LogP contribution in [0.2, 0.25) is 0 Å². The molecule has 0 atom stereocenters. The van der Waals surface area contributed by atoms with E-state index in [0.29, 0.717) is 12.1 Å². The van der Waals surface area contributed by atoms with Gasteiger partial charge in [-0.15, -0.1) is 0 Å². The lowest BCUT2D eigenvalue weighted by atomic mass is 9.92. The third-order valence-corrected chi connectivity index (χ3v) is 5.06. The van der Waals surface area contributed by atoms with Gasteiger partial charge in [0.15, 0.2) is 5.65 Å². The average molecular weight is 325 g/mol. The first kappa shape index (κ1) is 15.3. The highest BCUT2D eigenvalue weighted by Crippen LogP contribution is 2.33. The van der Waals surface area contributed by atoms with Crippen LogP contribution < -0.4 is 0 Å². The van der Waals surface area contributed by atoms with Crippen molar-refractivity contribution in [2.45, 2.75) is 51.7 Å². The van der Waals surface area contributed by atoms with Crippen LogP contribution in [-0.4, -0.2) is 37.4 Å². The molecule has 1 fully saturated rings. The van der Waals surface area contributed by atoms with Crippen molar-refractivity contribution in [3.05, 3.63) is 36.0 Å². The van der Waals surface area contributed by atoms with Crippen LogP contribution in [0.15, 0.2) is 24.7 Å². The van der Waals surface area contributed by atoms with Gasteiger partial charge in [0.2, 0.25) is 0 Å². The molecule has 3 heterocycles. The van der Waals surface area contributed by atoms with Crippen LogP contribution in [0.1, 0.15) is 43.1 Å². The van der Waals surface area contributed by atoms with Crippen LogP contribution in [0.25, 0.3) is 17.0 Å². The lowest BCUT2D eigenvalue weighted by Crippen LogP contribution is -2.22. The Hall–Kier alpha value is -2.21. The highest BCUT2D eigenvalue weighted by Gasteiger charge is 2.25. The Morgan fingerprint density at radius 2 is 1.96 bits per heavy atom. The first-order valence-corrected chi connectivity index (χ1v) is 8.55. The van der Waals surface area contributed by atoms with Crippen LogP contribution in [-0.2, 0) is 4.74 Å². The largest absolute Gasteiger partial charge is 0.381 e. The molecule has 0 saturated heterocycles. The van der Waals surface area contributed by atoms with Gasteiger partial charge in [0.05, 0.1) is 17.9 Å². The van der Waals surface area contributed by atoms with Crippen LogP contribution in [0.3, 0.4) is 0 Å². The summed E-state index contributed by atoms with van der Waals surface area (Å²) in [5.74, 6) is 0.961. The number of ether oxygens (including phenoxy) is 1. The van der Waals surface area contributed by atoms with Gasteiger partial charge in [-0.3, -0.25) is 0 Å². The number of rotatable bonds is 3. The Morgan fingerprint density at radius 3 is 2.71 bits per heavy atom. The molecule has 3 aromatic rings. The van der Waals surface area contributed by atoms with Gasteiger partial charge in [-0.25, -0.2) is 14.5 Å². The van der Waals surface area contributed by atoms with Crippen molar-refractivity contribution in [2.24, 2.45) is 0 Å². The zero-order valence-corrected chi connectivity index (χ0v) is 14.4. The van der Waals surface area contributed by atoms with E-state index in [1.165, 1.54) is 0 Å². The number of hydrogen-bond acceptors (Lipinski definition) is 4. The summed E-state index contributed by atoms with van der Waals surface area (Å²) < 4.78 is 9.68. The summed E-state index contributed by atoms with van der Waals surface area (Å²) in [6.07, 6.45) is 10.7. The van der Waals surface area contributed by atoms with Crippen molar-refractivity contribution in [2.75, 3.05) is 7.11 Å². The van der Waals surface area contributed by atoms with Gasteiger partial charge in [-0.1, -0.05) is 0 Å². The molecule has 1 aliphatic rings. The molecule has 24 heavy (non-hydrogen) atoms. The molecule has 0 bridgehead atoms. The molecule has 0 spiro atoms. The zero-order valence-electron chi connectivity index (χ0n) is 14.4. The van der Waals surface area contributed by atoms with E-state index >= 15 is 0 Å². The minimum Gasteiger partial charge on any atom is -0.381 e. The minimum absolute atomic E-state index is 0.400. The van der Waals surface area contributed by atoms with Crippen molar-refractivity contribution in [1.29, 1.82) is 0 Å². The number of aromatic nitrogens is 5. The van der Waals surface area contributed by atoms with Gasteiger partial charge in [0, 0.05) is 36.9 Å². The Labute approximate surface area is 141 Å². The third-order valence-electron chi connectivity index (χ3n) is 5.06. The SMILES string of the molecule is COC1CCC(n2ccnc2-c2cnn3c(C)cc(C)nc23)CC1. The molecule has 4 rings (SSSR count). The van der Waals surface area contributed by atoms with E-state index in [1.54, 1.807) is 0 Å². The van der Waals surface area contributed by atoms with Crippen molar-refractivity contribution in [3.63, 3.8) is 0 Å². The minimum atomic E-state index is 0.400. The Kier molecular flexibility index (Phi) is 3.84. The second-order valence-corrected chi connectivity index (χ2v) is 6.66. The summed E-state index contributed by atoms with van der Waals surface area (Å²) in [6, 6.07) is 2.51. The van der Waals surface area contributed by atoms with Crippen LogP contribution in [0.4, 0.5) is 0 Å². The van der Waals surface area contributed by atoms with Crippen molar-refractivity contribution >= 4 is 5.65 Å². The second kappa shape index (κ2) is 6.02. The lowest BCUT2D eigenvalue weighted by Gasteiger charge is -2.29. The number of fused-ring (bicyclic) bond motifs is 1. The number of nitrogens with zero attached hydrogens (tertiary/aromatic N) is 5. The maximum absolute atomic E-state index is 5.50. The number of hydrogen-bond donors (Lipinski definition) is 0. The van der Waals surface area contributed by atoms with Gasteiger partial charge in [0.1, 0.15) is 5.82 Å². The molecule has 126 valence electrons. The maximum Gasteiger partial charge on any atom is 0.166 e. The number of imidazole rings is 1. The summed E-state index contributed by atoms with van der Waals surface area (Å²) in [5, 5.41) is 4.51. The molecule has 1 saturated carbocycles. The van der Waals surface area contributed by atoms with Crippen LogP contribution in [0.5, 0.6) is 0 Å². The smallest absolute Gasteiger partial charge is 0.166 e. The fourth-order valence-electron chi connectivity index (χ4n) is 3.80. The molecular weight excluding hydrogens is 302 g/mol. The van der Waals surface area contributed by atoms with Gasteiger partial charge < -0.3 is 9.30 Å². The molecule has 6 nitrogen and oxygen atoms in total. The van der Waals surface area contributed by atoms with E-state index in [0.717, 1.165) is 54.1 Å². The van der Waals surface area contributed by atoms with E-state index in [1.807, 2.05) is 37.0 Å². The molecule has 0 aromatic carbocycles. The summed E-state index contributed by atoms with van der Waals surface area (Å²) in [5.41, 5.74) is 3.97. The number of methoxy groups -OCH3 is 1.